The van der Waals surface area contributed by atoms with Crippen molar-refractivity contribution in [3.05, 3.63) is 76.9 Å². The van der Waals surface area contributed by atoms with Crippen LogP contribution in [0.15, 0.2) is 59.5 Å². The summed E-state index contributed by atoms with van der Waals surface area (Å²) >= 11 is 4.59. The molecule has 4 rings (SSSR count). The molecule has 0 aliphatic heterocycles. The highest BCUT2D eigenvalue weighted by Gasteiger charge is 2.21. The lowest BCUT2D eigenvalue weighted by Crippen LogP contribution is -1.91. The van der Waals surface area contributed by atoms with Gasteiger partial charge < -0.3 is 0 Å². The Morgan fingerprint density at radius 3 is 2.18 bits per heavy atom. The molecule has 0 saturated heterocycles. The van der Waals surface area contributed by atoms with Crippen molar-refractivity contribution in [2.24, 2.45) is 0 Å². The molecule has 0 fully saturated rings. The fourth-order valence-corrected chi connectivity index (χ4v) is 3.67. The van der Waals surface area contributed by atoms with Crippen LogP contribution in [0.2, 0.25) is 0 Å². The molecule has 0 nitrogen and oxygen atoms in total. The molecule has 0 unspecified atom stereocenters. The second kappa shape index (κ2) is 5.03. The van der Waals surface area contributed by atoms with Gasteiger partial charge in [-0.2, -0.15) is 0 Å². The summed E-state index contributed by atoms with van der Waals surface area (Å²) in [5, 5.41) is 0. The number of fused-ring (bicyclic) bond motifs is 3. The van der Waals surface area contributed by atoms with E-state index in [9.17, 15) is 0 Å². The lowest BCUT2D eigenvalue weighted by atomic mass is 9.93. The maximum atomic E-state index is 4.59. The second-order valence-corrected chi connectivity index (χ2v) is 6.57. The van der Waals surface area contributed by atoms with Crippen molar-refractivity contribution in [2.75, 3.05) is 0 Å². The van der Waals surface area contributed by atoms with Crippen LogP contribution in [0.5, 0.6) is 0 Å². The first-order valence-electron chi connectivity index (χ1n) is 7.66. The highest BCUT2D eigenvalue weighted by molar-refractivity contribution is 7.80. The van der Waals surface area contributed by atoms with Crippen molar-refractivity contribution < 1.29 is 0 Å². The van der Waals surface area contributed by atoms with E-state index in [1.165, 1.54) is 44.5 Å². The molecule has 3 aromatic rings. The average molecular weight is 302 g/mol. The molecule has 0 heterocycles. The van der Waals surface area contributed by atoms with Gasteiger partial charge in [0.15, 0.2) is 0 Å². The second-order valence-electron chi connectivity index (χ2n) is 6.12. The number of benzene rings is 3. The highest BCUT2D eigenvalue weighted by Crippen LogP contribution is 2.42. The van der Waals surface area contributed by atoms with Crippen LogP contribution in [0.3, 0.4) is 0 Å². The van der Waals surface area contributed by atoms with Crippen molar-refractivity contribution in [1.82, 2.24) is 0 Å². The molecule has 0 aromatic heterocycles. The van der Waals surface area contributed by atoms with Gasteiger partial charge in [-0.1, -0.05) is 54.6 Å². The number of rotatable bonds is 1. The largest absolute Gasteiger partial charge is 0.143 e. The van der Waals surface area contributed by atoms with Crippen molar-refractivity contribution in [1.29, 1.82) is 0 Å². The van der Waals surface area contributed by atoms with Crippen LogP contribution in [-0.4, -0.2) is 0 Å². The van der Waals surface area contributed by atoms with Gasteiger partial charge in [0.2, 0.25) is 0 Å². The molecule has 0 N–H and O–H groups in total. The molecule has 3 aromatic carbocycles. The fourth-order valence-electron chi connectivity index (χ4n) is 3.54. The van der Waals surface area contributed by atoms with Gasteiger partial charge in [0, 0.05) is 4.90 Å². The van der Waals surface area contributed by atoms with Crippen LogP contribution in [-0.2, 0) is 6.42 Å². The van der Waals surface area contributed by atoms with Gasteiger partial charge in [0.25, 0.3) is 0 Å². The Balaban J connectivity index is 1.93. The number of aryl methyl sites for hydroxylation is 2. The fraction of sp³-hybridized carbons (Fsp3) is 0.143. The first-order valence-corrected chi connectivity index (χ1v) is 8.10. The number of hydrogen-bond acceptors (Lipinski definition) is 1. The summed E-state index contributed by atoms with van der Waals surface area (Å²) in [7, 11) is 0. The van der Waals surface area contributed by atoms with E-state index in [-0.39, 0.29) is 0 Å². The van der Waals surface area contributed by atoms with Gasteiger partial charge in [0.1, 0.15) is 0 Å². The first kappa shape index (κ1) is 13.7. The average Bonchev–Trinajstić information content (AvgIpc) is 2.90. The summed E-state index contributed by atoms with van der Waals surface area (Å²) in [5.74, 6) is 0. The minimum atomic E-state index is 1.03. The lowest BCUT2D eigenvalue weighted by molar-refractivity contribution is 1.22. The zero-order chi connectivity index (χ0) is 15.3. The van der Waals surface area contributed by atoms with E-state index >= 15 is 0 Å². The van der Waals surface area contributed by atoms with Gasteiger partial charge in [-0.05, 0) is 64.8 Å². The number of thiol groups is 1. The maximum Gasteiger partial charge on any atom is 0.00989 e. The summed E-state index contributed by atoms with van der Waals surface area (Å²) < 4.78 is 0. The normalized spacial score (nSPS) is 12.1. The summed E-state index contributed by atoms with van der Waals surface area (Å²) in [6, 6.07) is 19.9. The van der Waals surface area contributed by atoms with Crippen molar-refractivity contribution in [3.63, 3.8) is 0 Å². The van der Waals surface area contributed by atoms with Crippen LogP contribution < -0.4 is 0 Å². The maximum absolute atomic E-state index is 4.59. The summed E-state index contributed by atoms with van der Waals surface area (Å²) in [6.45, 7) is 4.27. The zero-order valence-electron chi connectivity index (χ0n) is 12.9. The van der Waals surface area contributed by atoms with E-state index in [1.54, 1.807) is 0 Å². The predicted octanol–water partition coefficient (Wildman–Crippen LogP) is 5.83. The lowest BCUT2D eigenvalue weighted by Gasteiger charge is -2.12. The van der Waals surface area contributed by atoms with Crippen molar-refractivity contribution in [2.45, 2.75) is 25.2 Å². The Kier molecular flexibility index (Phi) is 3.12. The third kappa shape index (κ3) is 2.00. The smallest absolute Gasteiger partial charge is 0.00989 e. The minimum absolute atomic E-state index is 1.03. The summed E-state index contributed by atoms with van der Waals surface area (Å²) in [4.78, 5) is 1.10. The molecule has 1 aliphatic rings. The molecular formula is C21H18S. The van der Waals surface area contributed by atoms with Crippen molar-refractivity contribution >= 4 is 12.6 Å². The molecule has 0 bridgehead atoms. The van der Waals surface area contributed by atoms with Gasteiger partial charge >= 0.3 is 0 Å². The van der Waals surface area contributed by atoms with Crippen LogP contribution >= 0.6 is 12.6 Å². The van der Waals surface area contributed by atoms with Gasteiger partial charge in [-0.3, -0.25) is 0 Å². The van der Waals surface area contributed by atoms with Crippen LogP contribution in [0.1, 0.15) is 22.3 Å². The van der Waals surface area contributed by atoms with E-state index in [0.717, 1.165) is 11.3 Å². The molecule has 1 aliphatic carbocycles. The molecular weight excluding hydrogens is 284 g/mol. The quantitative estimate of drug-likeness (QED) is 0.420. The van der Waals surface area contributed by atoms with Crippen LogP contribution in [0, 0.1) is 13.8 Å². The zero-order valence-corrected chi connectivity index (χ0v) is 13.7. The van der Waals surface area contributed by atoms with E-state index in [0.29, 0.717) is 0 Å². The predicted molar refractivity (Wildman–Crippen MR) is 96.8 cm³/mol. The van der Waals surface area contributed by atoms with E-state index in [2.05, 4.69) is 81.1 Å². The Hall–Kier alpha value is -1.99. The van der Waals surface area contributed by atoms with E-state index in [4.69, 9.17) is 0 Å². The minimum Gasteiger partial charge on any atom is -0.143 e. The topological polar surface area (TPSA) is 0 Å². The standard InChI is InChI=1S/C21H18S/c1-13-10-16(11-14(2)21(13)22)18-8-5-9-19-17-7-4-3-6-15(17)12-20(18)19/h3-11,22H,12H2,1-2H3. The molecule has 1 heteroatoms. The number of hydrogen-bond donors (Lipinski definition) is 1. The Morgan fingerprint density at radius 1 is 0.773 bits per heavy atom. The Labute approximate surface area is 137 Å². The summed E-state index contributed by atoms with van der Waals surface area (Å²) in [5.41, 5.74) is 10.8. The monoisotopic (exact) mass is 302 g/mol. The molecule has 0 spiro atoms. The summed E-state index contributed by atoms with van der Waals surface area (Å²) in [6.07, 6.45) is 1.03. The third-order valence-corrected chi connectivity index (χ3v) is 5.36. The molecule has 0 saturated carbocycles. The van der Waals surface area contributed by atoms with Crippen LogP contribution in [0.25, 0.3) is 22.3 Å². The molecule has 0 amide bonds. The van der Waals surface area contributed by atoms with Gasteiger partial charge in [-0.15, -0.1) is 12.6 Å². The van der Waals surface area contributed by atoms with E-state index in [1.807, 2.05) is 0 Å². The van der Waals surface area contributed by atoms with Crippen LogP contribution in [0.4, 0.5) is 0 Å². The molecule has 108 valence electrons. The molecule has 22 heavy (non-hydrogen) atoms. The molecule has 0 atom stereocenters. The molecule has 0 radical (unpaired) electrons. The van der Waals surface area contributed by atoms with Crippen molar-refractivity contribution in [3.8, 4) is 22.3 Å². The highest BCUT2D eigenvalue weighted by atomic mass is 32.1. The Bertz CT molecular complexity index is 867. The van der Waals surface area contributed by atoms with Gasteiger partial charge in [-0.25, -0.2) is 0 Å². The first-order chi connectivity index (χ1) is 10.6. The van der Waals surface area contributed by atoms with Gasteiger partial charge in [0.05, 0.1) is 0 Å². The van der Waals surface area contributed by atoms with E-state index < -0.39 is 0 Å². The third-order valence-electron chi connectivity index (χ3n) is 4.65. The Morgan fingerprint density at radius 2 is 1.41 bits per heavy atom. The SMILES string of the molecule is Cc1cc(-c2cccc3c2Cc2ccccc2-3)cc(C)c1S.